The highest BCUT2D eigenvalue weighted by molar-refractivity contribution is 5.70. The summed E-state index contributed by atoms with van der Waals surface area (Å²) in [6.45, 7) is -2.93. The maximum Gasteiger partial charge on any atom is 0.417 e. The summed E-state index contributed by atoms with van der Waals surface area (Å²) in [6, 6.07) is 7.63. The Morgan fingerprint density at radius 3 is 2.77 bits per heavy atom. The van der Waals surface area contributed by atoms with Crippen molar-refractivity contribution < 1.29 is 17.9 Å². The molecule has 0 bridgehead atoms. The lowest BCUT2D eigenvalue weighted by Gasteiger charge is -2.11. The summed E-state index contributed by atoms with van der Waals surface area (Å²) < 4.78 is 35.2. The predicted octanol–water partition coefficient (Wildman–Crippen LogP) is 1.93. The van der Waals surface area contributed by atoms with Crippen LogP contribution in [0.3, 0.4) is 0 Å². The van der Waals surface area contributed by atoms with Crippen molar-refractivity contribution in [3.05, 3.63) is 63.0 Å². The largest absolute Gasteiger partial charge is 0.434 e. The molecule has 3 rings (SSSR count). The number of fused-ring (bicyclic) bond motifs is 1. The molecule has 0 fully saturated rings. The quantitative estimate of drug-likeness (QED) is 0.799. The third-order valence-electron chi connectivity index (χ3n) is 3.09. The second-order valence-corrected chi connectivity index (χ2v) is 4.49. The molecule has 2 heterocycles. The van der Waals surface area contributed by atoms with Gasteiger partial charge in [0.1, 0.15) is 5.75 Å². The van der Waals surface area contributed by atoms with Gasteiger partial charge in [-0.1, -0.05) is 18.2 Å². The number of oxazole rings is 1. The van der Waals surface area contributed by atoms with Crippen molar-refractivity contribution in [3.8, 4) is 5.75 Å². The minimum absolute atomic E-state index is 0.00909. The van der Waals surface area contributed by atoms with Crippen LogP contribution in [0.5, 0.6) is 5.75 Å². The van der Waals surface area contributed by atoms with E-state index in [-0.39, 0.29) is 23.4 Å². The summed E-state index contributed by atoms with van der Waals surface area (Å²) >= 11 is 0. The first-order chi connectivity index (χ1) is 10.5. The van der Waals surface area contributed by atoms with Crippen LogP contribution in [0.15, 0.2) is 50.5 Å². The third-order valence-corrected chi connectivity index (χ3v) is 3.09. The number of para-hydroxylation sites is 1. The van der Waals surface area contributed by atoms with Gasteiger partial charge in [-0.3, -0.25) is 9.78 Å². The Labute approximate surface area is 121 Å². The second kappa shape index (κ2) is 5.47. The average molecular weight is 308 g/mol. The Hall–Kier alpha value is -2.90. The van der Waals surface area contributed by atoms with Crippen molar-refractivity contribution in [1.29, 1.82) is 0 Å². The molecule has 0 atom stereocenters. The fraction of sp³-hybridized carbons (Fsp3) is 0.143. The molecule has 2 aromatic heterocycles. The molecule has 0 aliphatic heterocycles. The van der Waals surface area contributed by atoms with Gasteiger partial charge in [-0.25, -0.2) is 4.79 Å². The SMILES string of the molecule is O=c1[nH]c2c(=O)n(Cc3ccccc3OC(F)F)ccc2o1. The highest BCUT2D eigenvalue weighted by Crippen LogP contribution is 2.21. The normalized spacial score (nSPS) is 11.2. The van der Waals surface area contributed by atoms with E-state index >= 15 is 0 Å². The molecular weight excluding hydrogens is 298 g/mol. The zero-order valence-electron chi connectivity index (χ0n) is 11.1. The standard InChI is InChI=1S/C14H10F2N2O4/c15-13(16)21-9-4-2-1-3-8(9)7-18-6-5-10-11(12(18)19)17-14(20)22-10/h1-6,13H,7H2,(H,17,20). The molecule has 1 aromatic carbocycles. The van der Waals surface area contributed by atoms with Gasteiger partial charge < -0.3 is 13.7 Å². The molecular formula is C14H10F2N2O4. The zero-order chi connectivity index (χ0) is 15.7. The third kappa shape index (κ3) is 2.62. The molecule has 8 heteroatoms. The number of halogens is 2. The van der Waals surface area contributed by atoms with Crippen molar-refractivity contribution in [2.45, 2.75) is 13.2 Å². The van der Waals surface area contributed by atoms with Crippen molar-refractivity contribution in [3.63, 3.8) is 0 Å². The maximum absolute atomic E-state index is 12.4. The van der Waals surface area contributed by atoms with E-state index in [2.05, 4.69) is 9.72 Å². The summed E-state index contributed by atoms with van der Waals surface area (Å²) in [5.41, 5.74) is 0.0911. The second-order valence-electron chi connectivity index (χ2n) is 4.49. The molecule has 0 amide bonds. The number of pyridine rings is 1. The molecule has 0 saturated carbocycles. The van der Waals surface area contributed by atoms with Gasteiger partial charge in [-0.2, -0.15) is 8.78 Å². The van der Waals surface area contributed by atoms with Crippen molar-refractivity contribution >= 4 is 11.1 Å². The molecule has 114 valence electrons. The Morgan fingerprint density at radius 1 is 1.23 bits per heavy atom. The Kier molecular flexibility index (Phi) is 3.50. The Balaban J connectivity index is 2.02. The van der Waals surface area contributed by atoms with E-state index < -0.39 is 17.9 Å². The lowest BCUT2D eigenvalue weighted by atomic mass is 10.2. The number of rotatable bonds is 4. The number of H-pyrrole nitrogens is 1. The van der Waals surface area contributed by atoms with Gasteiger partial charge in [0.15, 0.2) is 11.1 Å². The molecule has 0 spiro atoms. The lowest BCUT2D eigenvalue weighted by molar-refractivity contribution is -0.0504. The molecule has 1 N–H and O–H groups in total. The van der Waals surface area contributed by atoms with Gasteiger partial charge in [0, 0.05) is 11.8 Å². The number of hydrogen-bond donors (Lipinski definition) is 1. The summed E-state index contributed by atoms with van der Waals surface area (Å²) in [7, 11) is 0. The van der Waals surface area contributed by atoms with Crippen LogP contribution in [0, 0.1) is 0 Å². The topological polar surface area (TPSA) is 77.2 Å². The Bertz CT molecular complexity index is 926. The molecule has 0 unspecified atom stereocenters. The van der Waals surface area contributed by atoms with E-state index in [1.807, 2.05) is 0 Å². The number of hydrogen-bond acceptors (Lipinski definition) is 4. The lowest BCUT2D eigenvalue weighted by Crippen LogP contribution is -2.21. The number of nitrogens with zero attached hydrogens (tertiary/aromatic N) is 1. The fourth-order valence-corrected chi connectivity index (χ4v) is 2.14. The van der Waals surface area contributed by atoms with E-state index in [0.29, 0.717) is 5.56 Å². The van der Waals surface area contributed by atoms with Gasteiger partial charge in [0.05, 0.1) is 6.54 Å². The summed E-state index contributed by atoms with van der Waals surface area (Å²) in [5, 5.41) is 0. The molecule has 22 heavy (non-hydrogen) atoms. The summed E-state index contributed by atoms with van der Waals surface area (Å²) in [4.78, 5) is 25.6. The highest BCUT2D eigenvalue weighted by atomic mass is 19.3. The number of aromatic amines is 1. The smallest absolute Gasteiger partial charge is 0.417 e. The molecule has 3 aromatic rings. The van der Waals surface area contributed by atoms with Crippen molar-refractivity contribution in [1.82, 2.24) is 9.55 Å². The van der Waals surface area contributed by atoms with Crippen LogP contribution < -0.4 is 16.1 Å². The fourth-order valence-electron chi connectivity index (χ4n) is 2.14. The van der Waals surface area contributed by atoms with Crippen LogP contribution in [0.1, 0.15) is 5.56 Å². The first-order valence-corrected chi connectivity index (χ1v) is 6.29. The van der Waals surface area contributed by atoms with Crippen LogP contribution in [0.4, 0.5) is 8.78 Å². The number of benzene rings is 1. The monoisotopic (exact) mass is 308 g/mol. The number of alkyl halides is 2. The summed E-state index contributed by atoms with van der Waals surface area (Å²) in [5.74, 6) is -0.739. The zero-order valence-corrected chi connectivity index (χ0v) is 11.1. The number of ether oxygens (including phenoxy) is 1. The molecule has 0 radical (unpaired) electrons. The minimum atomic E-state index is -2.95. The van der Waals surface area contributed by atoms with E-state index in [1.54, 1.807) is 18.2 Å². The average Bonchev–Trinajstić information content (AvgIpc) is 2.85. The summed E-state index contributed by atoms with van der Waals surface area (Å²) in [6.07, 6.45) is 1.42. The van der Waals surface area contributed by atoms with E-state index in [1.165, 1.54) is 22.9 Å². The predicted molar refractivity (Wildman–Crippen MR) is 73.3 cm³/mol. The van der Waals surface area contributed by atoms with Gasteiger partial charge in [-0.05, 0) is 12.1 Å². The van der Waals surface area contributed by atoms with E-state index in [0.717, 1.165) is 0 Å². The van der Waals surface area contributed by atoms with Gasteiger partial charge >= 0.3 is 12.4 Å². The van der Waals surface area contributed by atoms with Gasteiger partial charge in [0.25, 0.3) is 5.56 Å². The Morgan fingerprint density at radius 2 is 2.00 bits per heavy atom. The number of aromatic nitrogens is 2. The van der Waals surface area contributed by atoms with E-state index in [9.17, 15) is 18.4 Å². The molecule has 0 aliphatic carbocycles. The first kappa shape index (κ1) is 14.1. The van der Waals surface area contributed by atoms with Crippen molar-refractivity contribution in [2.75, 3.05) is 0 Å². The minimum Gasteiger partial charge on any atom is -0.434 e. The molecule has 0 aliphatic rings. The molecule has 0 saturated heterocycles. The number of nitrogens with one attached hydrogen (secondary N) is 1. The van der Waals surface area contributed by atoms with Gasteiger partial charge in [-0.15, -0.1) is 0 Å². The van der Waals surface area contributed by atoms with Crippen LogP contribution in [0.2, 0.25) is 0 Å². The first-order valence-electron chi connectivity index (χ1n) is 6.29. The maximum atomic E-state index is 12.4. The van der Waals surface area contributed by atoms with E-state index in [4.69, 9.17) is 4.42 Å². The van der Waals surface area contributed by atoms with Crippen LogP contribution in [-0.4, -0.2) is 16.2 Å². The van der Waals surface area contributed by atoms with Gasteiger partial charge in [0.2, 0.25) is 0 Å². The highest BCUT2D eigenvalue weighted by Gasteiger charge is 2.12. The van der Waals surface area contributed by atoms with Crippen LogP contribution in [0.25, 0.3) is 11.1 Å². The van der Waals surface area contributed by atoms with Crippen LogP contribution in [-0.2, 0) is 6.54 Å². The van der Waals surface area contributed by atoms with Crippen molar-refractivity contribution in [2.24, 2.45) is 0 Å². The molecule has 6 nitrogen and oxygen atoms in total. The van der Waals surface area contributed by atoms with Crippen LogP contribution >= 0.6 is 0 Å².